The molecule has 0 saturated carbocycles. The number of nitrogens with zero attached hydrogens (tertiary/aromatic N) is 1. The lowest BCUT2D eigenvalue weighted by molar-refractivity contribution is -0.139. The zero-order valence-electron chi connectivity index (χ0n) is 9.11. The molecule has 1 aromatic carbocycles. The van der Waals surface area contributed by atoms with Gasteiger partial charge < -0.3 is 9.47 Å². The predicted molar refractivity (Wildman–Crippen MR) is 58.4 cm³/mol. The molecule has 0 spiro atoms. The SMILES string of the molecule is COC(=O)Cc1[nH]nc2ccc(OC)cc12. The standard InChI is InChI=1S/C11H12N2O3/c1-15-7-3-4-9-8(5-7)10(13-12-9)6-11(14)16-2/h3-5H,6H2,1-2H3,(H,12,13). The second-order valence-corrected chi connectivity index (χ2v) is 3.34. The van der Waals surface area contributed by atoms with Gasteiger partial charge in [-0.15, -0.1) is 0 Å². The Labute approximate surface area is 92.4 Å². The molecule has 16 heavy (non-hydrogen) atoms. The molecule has 0 aliphatic heterocycles. The van der Waals surface area contributed by atoms with Crippen molar-refractivity contribution in [3.63, 3.8) is 0 Å². The lowest BCUT2D eigenvalue weighted by Gasteiger charge is -2.00. The summed E-state index contributed by atoms with van der Waals surface area (Å²) in [6.07, 6.45) is 0.181. The molecule has 1 heterocycles. The highest BCUT2D eigenvalue weighted by molar-refractivity contribution is 5.86. The molecule has 1 aromatic heterocycles. The Hall–Kier alpha value is -2.04. The van der Waals surface area contributed by atoms with E-state index >= 15 is 0 Å². The van der Waals surface area contributed by atoms with E-state index in [4.69, 9.17) is 4.74 Å². The van der Waals surface area contributed by atoms with Crippen LogP contribution in [0.5, 0.6) is 5.75 Å². The summed E-state index contributed by atoms with van der Waals surface area (Å²) in [5.41, 5.74) is 1.54. The van der Waals surface area contributed by atoms with Crippen LogP contribution in [-0.2, 0) is 16.0 Å². The minimum atomic E-state index is -0.298. The first-order valence-corrected chi connectivity index (χ1v) is 4.82. The van der Waals surface area contributed by atoms with Crippen molar-refractivity contribution >= 4 is 16.9 Å². The Morgan fingerprint density at radius 3 is 2.94 bits per heavy atom. The number of ether oxygens (including phenoxy) is 2. The van der Waals surface area contributed by atoms with E-state index < -0.39 is 0 Å². The average molecular weight is 220 g/mol. The van der Waals surface area contributed by atoms with Crippen LogP contribution in [0.25, 0.3) is 10.9 Å². The number of benzene rings is 1. The highest BCUT2D eigenvalue weighted by Gasteiger charge is 2.10. The van der Waals surface area contributed by atoms with Crippen molar-refractivity contribution in [3.05, 3.63) is 23.9 Å². The van der Waals surface area contributed by atoms with Crippen LogP contribution in [0, 0.1) is 0 Å². The van der Waals surface area contributed by atoms with Crippen molar-refractivity contribution in [2.24, 2.45) is 0 Å². The lowest BCUT2D eigenvalue weighted by atomic mass is 10.1. The number of rotatable bonds is 3. The van der Waals surface area contributed by atoms with E-state index in [1.165, 1.54) is 7.11 Å². The molecule has 0 atom stereocenters. The van der Waals surface area contributed by atoms with Crippen molar-refractivity contribution in [1.29, 1.82) is 0 Å². The van der Waals surface area contributed by atoms with E-state index in [0.717, 1.165) is 22.3 Å². The third-order valence-electron chi connectivity index (χ3n) is 2.39. The van der Waals surface area contributed by atoms with Gasteiger partial charge in [0.2, 0.25) is 0 Å². The fourth-order valence-corrected chi connectivity index (χ4v) is 1.52. The zero-order chi connectivity index (χ0) is 11.5. The van der Waals surface area contributed by atoms with Gasteiger partial charge in [-0.3, -0.25) is 9.89 Å². The van der Waals surface area contributed by atoms with Crippen LogP contribution in [0.3, 0.4) is 0 Å². The van der Waals surface area contributed by atoms with Crippen molar-refractivity contribution in [2.75, 3.05) is 14.2 Å². The molecule has 0 unspecified atom stereocenters. The molecule has 5 heteroatoms. The molecule has 5 nitrogen and oxygen atoms in total. The molecule has 0 radical (unpaired) electrons. The van der Waals surface area contributed by atoms with Crippen molar-refractivity contribution in [2.45, 2.75) is 6.42 Å². The Morgan fingerprint density at radius 1 is 1.44 bits per heavy atom. The van der Waals surface area contributed by atoms with Gasteiger partial charge in [0, 0.05) is 5.39 Å². The Balaban J connectivity index is 2.41. The highest BCUT2D eigenvalue weighted by Crippen LogP contribution is 2.22. The predicted octanol–water partition coefficient (Wildman–Crippen LogP) is 1.29. The third-order valence-corrected chi connectivity index (χ3v) is 2.39. The van der Waals surface area contributed by atoms with Gasteiger partial charge in [-0.2, -0.15) is 5.10 Å². The molecule has 0 aliphatic carbocycles. The highest BCUT2D eigenvalue weighted by atomic mass is 16.5. The second kappa shape index (κ2) is 4.22. The largest absolute Gasteiger partial charge is 0.497 e. The van der Waals surface area contributed by atoms with Crippen molar-refractivity contribution in [3.8, 4) is 5.75 Å². The molecule has 1 N–H and O–H groups in total. The van der Waals surface area contributed by atoms with E-state index in [1.54, 1.807) is 7.11 Å². The van der Waals surface area contributed by atoms with Gasteiger partial charge in [-0.25, -0.2) is 0 Å². The monoisotopic (exact) mass is 220 g/mol. The van der Waals surface area contributed by atoms with Gasteiger partial charge >= 0.3 is 5.97 Å². The number of aromatic amines is 1. The number of carbonyl (C=O) groups excluding carboxylic acids is 1. The number of esters is 1. The first kappa shape index (κ1) is 10.5. The second-order valence-electron chi connectivity index (χ2n) is 3.34. The van der Waals surface area contributed by atoms with Crippen molar-refractivity contribution in [1.82, 2.24) is 10.2 Å². The number of hydrogen-bond acceptors (Lipinski definition) is 4. The molecular weight excluding hydrogens is 208 g/mol. The number of methoxy groups -OCH3 is 2. The van der Waals surface area contributed by atoms with Crippen LogP contribution in [-0.4, -0.2) is 30.4 Å². The summed E-state index contributed by atoms with van der Waals surface area (Å²) in [7, 11) is 2.96. The van der Waals surface area contributed by atoms with Crippen LogP contribution < -0.4 is 4.74 Å². The maximum Gasteiger partial charge on any atom is 0.311 e. The molecule has 0 fully saturated rings. The van der Waals surface area contributed by atoms with Crippen molar-refractivity contribution < 1.29 is 14.3 Å². The quantitative estimate of drug-likeness (QED) is 0.791. The molecule has 2 aromatic rings. The van der Waals surface area contributed by atoms with Crippen LogP contribution >= 0.6 is 0 Å². The Bertz CT molecular complexity index is 519. The van der Waals surface area contributed by atoms with Crippen LogP contribution in [0.1, 0.15) is 5.69 Å². The van der Waals surface area contributed by atoms with E-state index in [-0.39, 0.29) is 12.4 Å². The summed E-state index contributed by atoms with van der Waals surface area (Å²) in [6.45, 7) is 0. The smallest absolute Gasteiger partial charge is 0.311 e. The number of carbonyl (C=O) groups is 1. The van der Waals surface area contributed by atoms with Gasteiger partial charge in [0.15, 0.2) is 0 Å². The van der Waals surface area contributed by atoms with Crippen LogP contribution in [0.4, 0.5) is 0 Å². The summed E-state index contributed by atoms with van der Waals surface area (Å²) in [6, 6.07) is 5.51. The maximum absolute atomic E-state index is 11.2. The molecule has 0 amide bonds. The topological polar surface area (TPSA) is 64.2 Å². The number of aromatic nitrogens is 2. The number of hydrogen-bond donors (Lipinski definition) is 1. The Kier molecular flexibility index (Phi) is 2.76. The van der Waals surface area contributed by atoms with Gasteiger partial charge in [0.25, 0.3) is 0 Å². The summed E-state index contributed by atoms with van der Waals surface area (Å²) in [5, 5.41) is 7.80. The van der Waals surface area contributed by atoms with E-state index in [9.17, 15) is 4.79 Å². The molecule has 84 valence electrons. The number of nitrogens with one attached hydrogen (secondary N) is 1. The molecular formula is C11H12N2O3. The van der Waals surface area contributed by atoms with Gasteiger partial charge in [0.05, 0.1) is 31.9 Å². The summed E-state index contributed by atoms with van der Waals surface area (Å²) < 4.78 is 9.73. The third kappa shape index (κ3) is 1.84. The molecule has 2 rings (SSSR count). The molecule has 0 aliphatic rings. The van der Waals surface area contributed by atoms with E-state index in [0.29, 0.717) is 0 Å². The maximum atomic E-state index is 11.2. The van der Waals surface area contributed by atoms with E-state index in [1.807, 2.05) is 18.2 Å². The minimum absolute atomic E-state index is 0.181. The summed E-state index contributed by atoms with van der Waals surface area (Å²) in [4.78, 5) is 11.2. The van der Waals surface area contributed by atoms with Gasteiger partial charge in [0.1, 0.15) is 5.75 Å². The number of fused-ring (bicyclic) bond motifs is 1. The first-order chi connectivity index (χ1) is 7.74. The van der Waals surface area contributed by atoms with E-state index in [2.05, 4.69) is 14.9 Å². The minimum Gasteiger partial charge on any atom is -0.497 e. The van der Waals surface area contributed by atoms with Gasteiger partial charge in [-0.05, 0) is 18.2 Å². The molecule has 0 bridgehead atoms. The van der Waals surface area contributed by atoms with Crippen LogP contribution in [0.15, 0.2) is 18.2 Å². The first-order valence-electron chi connectivity index (χ1n) is 4.82. The fourth-order valence-electron chi connectivity index (χ4n) is 1.52. The normalized spacial score (nSPS) is 10.4. The lowest BCUT2D eigenvalue weighted by Crippen LogP contribution is -2.04. The van der Waals surface area contributed by atoms with Crippen LogP contribution in [0.2, 0.25) is 0 Å². The Morgan fingerprint density at radius 2 is 2.25 bits per heavy atom. The molecule has 0 saturated heterocycles. The zero-order valence-corrected chi connectivity index (χ0v) is 9.11. The van der Waals surface area contributed by atoms with Gasteiger partial charge in [-0.1, -0.05) is 0 Å². The summed E-state index contributed by atoms with van der Waals surface area (Å²) >= 11 is 0. The average Bonchev–Trinajstić information content (AvgIpc) is 2.71. The number of H-pyrrole nitrogens is 1. The fraction of sp³-hybridized carbons (Fsp3) is 0.273. The summed E-state index contributed by atoms with van der Waals surface area (Å²) in [5.74, 6) is 0.438.